The smallest absolute Gasteiger partial charge is 0.303 e. The summed E-state index contributed by atoms with van der Waals surface area (Å²) < 4.78 is 0. The van der Waals surface area contributed by atoms with Gasteiger partial charge >= 0.3 is 5.97 Å². The second kappa shape index (κ2) is 9.86. The summed E-state index contributed by atoms with van der Waals surface area (Å²) in [6.45, 7) is 0.142. The minimum absolute atomic E-state index is 0.00112. The number of likely N-dealkylation sites (tertiary alicyclic amines) is 1. The van der Waals surface area contributed by atoms with E-state index in [4.69, 9.17) is 5.11 Å². The van der Waals surface area contributed by atoms with E-state index in [9.17, 15) is 29.6 Å². The second-order valence-corrected chi connectivity index (χ2v) is 7.42. The number of non-ortho nitro benzene ring substituents is 1. The van der Waals surface area contributed by atoms with Crippen LogP contribution in [0.3, 0.4) is 0 Å². The molecule has 1 atom stereocenters. The minimum Gasteiger partial charge on any atom is -0.507 e. The highest BCUT2D eigenvalue weighted by Crippen LogP contribution is 2.40. The molecule has 1 aliphatic rings. The van der Waals surface area contributed by atoms with Gasteiger partial charge in [-0.3, -0.25) is 24.5 Å². The monoisotopic (exact) mass is 438 g/mol. The molecule has 0 aromatic heterocycles. The van der Waals surface area contributed by atoms with Gasteiger partial charge in [0, 0.05) is 30.7 Å². The summed E-state index contributed by atoms with van der Waals surface area (Å²) in [6.07, 6.45) is 1.39. The Morgan fingerprint density at radius 1 is 1.00 bits per heavy atom. The summed E-state index contributed by atoms with van der Waals surface area (Å²) in [5, 5.41) is 30.9. The van der Waals surface area contributed by atoms with E-state index >= 15 is 0 Å². The number of unbranched alkanes of at least 4 members (excludes halogenated alkanes) is 2. The molecule has 32 heavy (non-hydrogen) atoms. The molecule has 1 heterocycles. The zero-order valence-corrected chi connectivity index (χ0v) is 17.1. The molecule has 0 radical (unpaired) electrons. The van der Waals surface area contributed by atoms with Crippen molar-refractivity contribution in [3.05, 3.63) is 81.4 Å². The Labute approximate surface area is 183 Å². The van der Waals surface area contributed by atoms with Crippen LogP contribution in [0.25, 0.3) is 5.76 Å². The molecule has 9 nitrogen and oxygen atoms in total. The molecule has 1 fully saturated rings. The van der Waals surface area contributed by atoms with Gasteiger partial charge in [-0.15, -0.1) is 0 Å². The number of carboxylic acids is 1. The van der Waals surface area contributed by atoms with Crippen molar-refractivity contribution in [1.29, 1.82) is 0 Å². The van der Waals surface area contributed by atoms with Crippen LogP contribution in [0, 0.1) is 10.1 Å². The van der Waals surface area contributed by atoms with Crippen LogP contribution in [0.2, 0.25) is 0 Å². The van der Waals surface area contributed by atoms with E-state index in [-0.39, 0.29) is 30.0 Å². The van der Waals surface area contributed by atoms with Gasteiger partial charge < -0.3 is 15.1 Å². The van der Waals surface area contributed by atoms with E-state index in [0.29, 0.717) is 30.4 Å². The molecule has 1 aliphatic heterocycles. The summed E-state index contributed by atoms with van der Waals surface area (Å²) in [5.41, 5.74) is 0.352. The van der Waals surface area contributed by atoms with Crippen molar-refractivity contribution < 1.29 is 29.5 Å². The molecule has 2 aromatic carbocycles. The Hall–Kier alpha value is -4.01. The van der Waals surface area contributed by atoms with Gasteiger partial charge in [-0.2, -0.15) is 0 Å². The third-order valence-electron chi connectivity index (χ3n) is 5.27. The molecule has 2 N–H and O–H groups in total. The first-order chi connectivity index (χ1) is 15.3. The van der Waals surface area contributed by atoms with Crippen molar-refractivity contribution in [2.45, 2.75) is 31.7 Å². The van der Waals surface area contributed by atoms with Crippen molar-refractivity contribution in [1.82, 2.24) is 4.90 Å². The normalized spacial score (nSPS) is 17.5. The number of rotatable bonds is 9. The largest absolute Gasteiger partial charge is 0.507 e. The molecule has 0 aliphatic carbocycles. The standard InChI is InChI=1S/C23H22N2O7/c26-18(27)12-5-2-6-13-24-20(16-10-7-11-17(14-16)25(31)32)19(22(29)23(24)30)21(28)15-8-3-1-4-9-15/h1,3-4,7-11,14,20,28H,2,5-6,12-13H2,(H,26,27)/b21-19+. The van der Waals surface area contributed by atoms with Crippen LogP contribution >= 0.6 is 0 Å². The Bertz CT molecular complexity index is 1080. The molecule has 0 saturated carbocycles. The number of nitro groups is 1. The number of aliphatic carboxylic acids is 1. The van der Waals surface area contributed by atoms with E-state index in [2.05, 4.69) is 0 Å². The Morgan fingerprint density at radius 2 is 1.72 bits per heavy atom. The van der Waals surface area contributed by atoms with Gasteiger partial charge in [0.1, 0.15) is 5.76 Å². The number of carbonyl (C=O) groups excluding carboxylic acids is 2. The highest BCUT2D eigenvalue weighted by Gasteiger charge is 2.46. The number of carbonyl (C=O) groups is 3. The van der Waals surface area contributed by atoms with Crippen molar-refractivity contribution in [2.24, 2.45) is 0 Å². The van der Waals surface area contributed by atoms with Crippen LogP contribution in [-0.4, -0.2) is 44.2 Å². The number of hydrogen-bond donors (Lipinski definition) is 2. The number of hydrogen-bond acceptors (Lipinski definition) is 6. The number of carboxylic acid groups (broad SMARTS) is 1. The van der Waals surface area contributed by atoms with Crippen molar-refractivity contribution >= 4 is 29.1 Å². The number of nitrogens with zero attached hydrogens (tertiary/aromatic N) is 2. The van der Waals surface area contributed by atoms with Crippen LogP contribution in [-0.2, 0) is 14.4 Å². The molecular formula is C23H22N2O7. The first-order valence-corrected chi connectivity index (χ1v) is 10.1. The first-order valence-electron chi connectivity index (χ1n) is 10.1. The average molecular weight is 438 g/mol. The fourth-order valence-electron chi connectivity index (χ4n) is 3.75. The van der Waals surface area contributed by atoms with E-state index in [1.165, 1.54) is 23.1 Å². The van der Waals surface area contributed by atoms with Gasteiger partial charge in [0.2, 0.25) is 0 Å². The molecule has 0 bridgehead atoms. The molecule has 9 heteroatoms. The number of ketones is 1. The van der Waals surface area contributed by atoms with Crippen molar-refractivity contribution in [3.8, 4) is 0 Å². The zero-order valence-electron chi connectivity index (χ0n) is 17.1. The molecule has 1 unspecified atom stereocenters. The summed E-state index contributed by atoms with van der Waals surface area (Å²) in [4.78, 5) is 48.4. The number of amides is 1. The van der Waals surface area contributed by atoms with E-state index in [0.717, 1.165) is 0 Å². The summed E-state index contributed by atoms with van der Waals surface area (Å²) in [7, 11) is 0. The van der Waals surface area contributed by atoms with Crippen LogP contribution < -0.4 is 0 Å². The van der Waals surface area contributed by atoms with Gasteiger partial charge in [0.05, 0.1) is 16.5 Å². The number of aliphatic hydroxyl groups excluding tert-OH is 1. The lowest BCUT2D eigenvalue weighted by Gasteiger charge is -2.25. The third kappa shape index (κ3) is 4.83. The lowest BCUT2D eigenvalue weighted by atomic mass is 9.95. The highest BCUT2D eigenvalue weighted by atomic mass is 16.6. The van der Waals surface area contributed by atoms with Crippen LogP contribution in [0.5, 0.6) is 0 Å². The van der Waals surface area contributed by atoms with Crippen LogP contribution in [0.4, 0.5) is 5.69 Å². The minimum atomic E-state index is -0.991. The third-order valence-corrected chi connectivity index (χ3v) is 5.27. The Balaban J connectivity index is 2.01. The van der Waals surface area contributed by atoms with Gasteiger partial charge in [-0.25, -0.2) is 0 Å². The van der Waals surface area contributed by atoms with E-state index in [1.54, 1.807) is 36.4 Å². The molecule has 1 saturated heterocycles. The number of nitro benzene ring substituents is 1. The van der Waals surface area contributed by atoms with E-state index in [1.807, 2.05) is 0 Å². The molecule has 166 valence electrons. The van der Waals surface area contributed by atoms with E-state index < -0.39 is 28.6 Å². The maximum absolute atomic E-state index is 12.9. The SMILES string of the molecule is O=C(O)CCCCCN1C(=O)C(=O)/C(=C(/O)c2ccccc2)C1c1cccc([N+](=O)[O-])c1. The first kappa shape index (κ1) is 22.7. The zero-order chi connectivity index (χ0) is 23.3. The number of Topliss-reactive ketones (excluding diaryl/α,β-unsaturated/α-hetero) is 1. The van der Waals surface area contributed by atoms with Crippen molar-refractivity contribution in [3.63, 3.8) is 0 Å². The van der Waals surface area contributed by atoms with Gasteiger partial charge in [0.25, 0.3) is 17.4 Å². The quantitative estimate of drug-likeness (QED) is 0.152. The number of aliphatic hydroxyl groups is 1. The topological polar surface area (TPSA) is 138 Å². The predicted octanol–water partition coefficient (Wildman–Crippen LogP) is 3.66. The lowest BCUT2D eigenvalue weighted by Crippen LogP contribution is -2.30. The van der Waals surface area contributed by atoms with Gasteiger partial charge in [-0.1, -0.05) is 48.9 Å². The molecule has 0 spiro atoms. The predicted molar refractivity (Wildman–Crippen MR) is 115 cm³/mol. The average Bonchev–Trinajstić information content (AvgIpc) is 3.03. The van der Waals surface area contributed by atoms with Crippen molar-refractivity contribution in [2.75, 3.05) is 6.54 Å². The summed E-state index contributed by atoms with van der Waals surface area (Å²) >= 11 is 0. The number of benzene rings is 2. The summed E-state index contributed by atoms with van der Waals surface area (Å²) in [6, 6.07) is 12.9. The maximum atomic E-state index is 12.9. The Morgan fingerprint density at radius 3 is 2.38 bits per heavy atom. The molecule has 1 amide bonds. The Kier molecular flexibility index (Phi) is 6.99. The fourth-order valence-corrected chi connectivity index (χ4v) is 3.75. The van der Waals surface area contributed by atoms with Crippen LogP contribution in [0.1, 0.15) is 42.9 Å². The van der Waals surface area contributed by atoms with Gasteiger partial charge in [0.15, 0.2) is 0 Å². The fraction of sp³-hybridized carbons (Fsp3) is 0.261. The lowest BCUT2D eigenvalue weighted by molar-refractivity contribution is -0.384. The second-order valence-electron chi connectivity index (χ2n) is 7.42. The molecular weight excluding hydrogens is 416 g/mol. The van der Waals surface area contributed by atoms with Gasteiger partial charge in [-0.05, 0) is 18.4 Å². The molecule has 3 rings (SSSR count). The van der Waals surface area contributed by atoms with Crippen LogP contribution in [0.15, 0.2) is 60.2 Å². The maximum Gasteiger partial charge on any atom is 0.303 e. The molecule has 2 aromatic rings. The summed E-state index contributed by atoms with van der Waals surface area (Å²) in [5.74, 6) is -2.94. The highest BCUT2D eigenvalue weighted by molar-refractivity contribution is 6.46.